The lowest BCUT2D eigenvalue weighted by Gasteiger charge is -2.36. The molecule has 0 unspecified atom stereocenters. The van der Waals surface area contributed by atoms with Gasteiger partial charge in [-0.25, -0.2) is 0 Å². The van der Waals surface area contributed by atoms with Crippen LogP contribution in [0, 0.1) is 17.2 Å². The number of fused-ring (bicyclic) bond motifs is 3. The molecule has 0 aliphatic carbocycles. The topological polar surface area (TPSA) is 45.0 Å². The molecule has 3 heteroatoms. The fourth-order valence-corrected chi connectivity index (χ4v) is 3.53. The van der Waals surface area contributed by atoms with Gasteiger partial charge >= 0.3 is 0 Å². The van der Waals surface area contributed by atoms with Crippen molar-refractivity contribution >= 4 is 5.69 Å². The van der Waals surface area contributed by atoms with Crippen molar-refractivity contribution in [2.24, 2.45) is 5.92 Å². The minimum atomic E-state index is 0.0970. The summed E-state index contributed by atoms with van der Waals surface area (Å²) < 4.78 is 5.99. The second-order valence-corrected chi connectivity index (χ2v) is 5.69. The van der Waals surface area contributed by atoms with E-state index in [1.807, 2.05) is 24.3 Å². The number of benzene rings is 2. The van der Waals surface area contributed by atoms with Gasteiger partial charge in [-0.3, -0.25) is 0 Å². The van der Waals surface area contributed by atoms with Gasteiger partial charge in [0.25, 0.3) is 0 Å². The second kappa shape index (κ2) is 4.91. The molecule has 2 aliphatic heterocycles. The summed E-state index contributed by atoms with van der Waals surface area (Å²) in [5.74, 6) is 0.425. The molecule has 104 valence electrons. The van der Waals surface area contributed by atoms with E-state index < -0.39 is 0 Å². The molecule has 0 bridgehead atoms. The third-order valence-electron chi connectivity index (χ3n) is 4.52. The highest BCUT2D eigenvalue weighted by atomic mass is 16.5. The van der Waals surface area contributed by atoms with Crippen molar-refractivity contribution in [2.75, 3.05) is 11.9 Å². The highest BCUT2D eigenvalue weighted by Crippen LogP contribution is 2.49. The molecule has 0 saturated carbocycles. The van der Waals surface area contributed by atoms with Crippen molar-refractivity contribution in [3.05, 3.63) is 65.2 Å². The predicted molar refractivity (Wildman–Crippen MR) is 80.8 cm³/mol. The number of ether oxygens (including phenoxy) is 1. The monoisotopic (exact) mass is 276 g/mol. The molecule has 0 aromatic heterocycles. The number of nitrogens with one attached hydrogen (secondary N) is 1. The first-order valence-corrected chi connectivity index (χ1v) is 7.34. The zero-order chi connectivity index (χ0) is 14.2. The van der Waals surface area contributed by atoms with Crippen LogP contribution in [0.25, 0.3) is 0 Å². The lowest BCUT2D eigenvalue weighted by atomic mass is 9.80. The molecule has 3 atom stereocenters. The first kappa shape index (κ1) is 12.4. The molecule has 3 nitrogen and oxygen atoms in total. The van der Waals surface area contributed by atoms with Crippen molar-refractivity contribution < 1.29 is 4.74 Å². The Kier molecular flexibility index (Phi) is 2.90. The Bertz CT molecular complexity index is 705. The van der Waals surface area contributed by atoms with Gasteiger partial charge in [-0.05, 0) is 30.2 Å². The molecule has 21 heavy (non-hydrogen) atoms. The zero-order valence-corrected chi connectivity index (χ0v) is 11.6. The van der Waals surface area contributed by atoms with Gasteiger partial charge in [0.1, 0.15) is 0 Å². The van der Waals surface area contributed by atoms with Gasteiger partial charge in [-0.1, -0.05) is 30.3 Å². The number of anilines is 1. The van der Waals surface area contributed by atoms with E-state index in [1.165, 1.54) is 5.56 Å². The van der Waals surface area contributed by atoms with Gasteiger partial charge < -0.3 is 10.1 Å². The SMILES string of the molecule is N#Cc1ccc2c(c1)[C@@H]1OCC[C@@H]1[C@H](c1ccccc1)N2. The van der Waals surface area contributed by atoms with Crippen LogP contribution >= 0.6 is 0 Å². The molecule has 0 amide bonds. The van der Waals surface area contributed by atoms with E-state index in [-0.39, 0.29) is 12.1 Å². The maximum Gasteiger partial charge on any atom is 0.0991 e. The lowest BCUT2D eigenvalue weighted by molar-refractivity contribution is 0.0829. The van der Waals surface area contributed by atoms with Crippen molar-refractivity contribution in [1.82, 2.24) is 0 Å². The molecule has 1 saturated heterocycles. The Morgan fingerprint density at radius 1 is 1.14 bits per heavy atom. The van der Waals surface area contributed by atoms with Crippen LogP contribution in [-0.4, -0.2) is 6.61 Å². The number of hydrogen-bond acceptors (Lipinski definition) is 3. The van der Waals surface area contributed by atoms with Crippen molar-refractivity contribution in [3.8, 4) is 6.07 Å². The van der Waals surface area contributed by atoms with Crippen LogP contribution in [0.15, 0.2) is 48.5 Å². The van der Waals surface area contributed by atoms with Crippen molar-refractivity contribution in [2.45, 2.75) is 18.6 Å². The first-order valence-electron chi connectivity index (χ1n) is 7.34. The average Bonchev–Trinajstić information content (AvgIpc) is 3.04. The molecule has 1 fully saturated rings. The maximum atomic E-state index is 9.10. The Balaban J connectivity index is 1.79. The second-order valence-electron chi connectivity index (χ2n) is 5.69. The van der Waals surface area contributed by atoms with Crippen LogP contribution < -0.4 is 5.32 Å². The summed E-state index contributed by atoms with van der Waals surface area (Å²) in [5.41, 5.74) is 4.21. The van der Waals surface area contributed by atoms with Gasteiger partial charge in [0.15, 0.2) is 0 Å². The lowest BCUT2D eigenvalue weighted by Crippen LogP contribution is -2.29. The number of rotatable bonds is 1. The fraction of sp³-hybridized carbons (Fsp3) is 0.278. The van der Waals surface area contributed by atoms with Crippen LogP contribution in [0.3, 0.4) is 0 Å². The normalized spacial score (nSPS) is 26.3. The van der Waals surface area contributed by atoms with Gasteiger partial charge in [0.05, 0.1) is 23.8 Å². The Labute approximate surface area is 124 Å². The van der Waals surface area contributed by atoms with E-state index in [0.717, 1.165) is 24.3 Å². The summed E-state index contributed by atoms with van der Waals surface area (Å²) in [6.45, 7) is 0.788. The van der Waals surface area contributed by atoms with Gasteiger partial charge in [-0.2, -0.15) is 5.26 Å². The highest BCUT2D eigenvalue weighted by Gasteiger charge is 2.41. The molecule has 2 aliphatic rings. The molecule has 2 heterocycles. The van der Waals surface area contributed by atoms with Gasteiger partial charge in [-0.15, -0.1) is 0 Å². The largest absolute Gasteiger partial charge is 0.378 e. The van der Waals surface area contributed by atoms with E-state index in [9.17, 15) is 0 Å². The van der Waals surface area contributed by atoms with Crippen LogP contribution in [0.2, 0.25) is 0 Å². The number of hydrogen-bond donors (Lipinski definition) is 1. The van der Waals surface area contributed by atoms with Crippen molar-refractivity contribution in [3.63, 3.8) is 0 Å². The molecule has 4 rings (SSSR count). The van der Waals surface area contributed by atoms with Crippen LogP contribution in [-0.2, 0) is 4.74 Å². The minimum Gasteiger partial charge on any atom is -0.378 e. The highest BCUT2D eigenvalue weighted by molar-refractivity contribution is 5.59. The smallest absolute Gasteiger partial charge is 0.0991 e. The number of nitriles is 1. The summed E-state index contributed by atoms with van der Waals surface area (Å²) >= 11 is 0. The summed E-state index contributed by atoms with van der Waals surface area (Å²) in [6, 6.07) is 18.9. The molecule has 1 N–H and O–H groups in total. The maximum absolute atomic E-state index is 9.10. The first-order chi connectivity index (χ1) is 10.4. The molecule has 0 spiro atoms. The third-order valence-corrected chi connectivity index (χ3v) is 4.52. The Morgan fingerprint density at radius 3 is 2.81 bits per heavy atom. The molecule has 2 aromatic rings. The summed E-state index contributed by atoms with van der Waals surface area (Å²) in [7, 11) is 0. The summed E-state index contributed by atoms with van der Waals surface area (Å²) in [4.78, 5) is 0. The van der Waals surface area contributed by atoms with E-state index >= 15 is 0 Å². The van der Waals surface area contributed by atoms with Crippen LogP contribution in [0.1, 0.15) is 35.3 Å². The molecule has 0 radical (unpaired) electrons. The van der Waals surface area contributed by atoms with Crippen LogP contribution in [0.5, 0.6) is 0 Å². The third kappa shape index (κ3) is 2.00. The fourth-order valence-electron chi connectivity index (χ4n) is 3.53. The standard InChI is InChI=1S/C18H16N2O/c19-11-12-6-7-16-15(10-12)18-14(8-9-21-18)17(20-16)13-4-2-1-3-5-13/h1-7,10,14,17-18,20H,8-9H2/t14-,17+,18-/m1/s1. The quantitative estimate of drug-likeness (QED) is 0.861. The average molecular weight is 276 g/mol. The Morgan fingerprint density at radius 2 is 2.00 bits per heavy atom. The predicted octanol–water partition coefficient (Wildman–Crippen LogP) is 3.80. The minimum absolute atomic E-state index is 0.0970. The molecular formula is C18H16N2O. The number of nitrogens with zero attached hydrogens (tertiary/aromatic N) is 1. The van der Waals surface area contributed by atoms with E-state index in [2.05, 4.69) is 35.7 Å². The van der Waals surface area contributed by atoms with E-state index in [1.54, 1.807) is 0 Å². The summed E-state index contributed by atoms with van der Waals surface area (Å²) in [6.07, 6.45) is 1.15. The molecular weight excluding hydrogens is 260 g/mol. The van der Waals surface area contributed by atoms with Crippen LogP contribution in [0.4, 0.5) is 5.69 Å². The zero-order valence-electron chi connectivity index (χ0n) is 11.6. The molecule has 2 aromatic carbocycles. The van der Waals surface area contributed by atoms with Crippen molar-refractivity contribution in [1.29, 1.82) is 5.26 Å². The van der Waals surface area contributed by atoms with Gasteiger partial charge in [0.2, 0.25) is 0 Å². The van der Waals surface area contributed by atoms with E-state index in [4.69, 9.17) is 10.00 Å². The Hall–Kier alpha value is -2.31. The van der Waals surface area contributed by atoms with E-state index in [0.29, 0.717) is 11.5 Å². The van der Waals surface area contributed by atoms with Gasteiger partial charge in [0, 0.05) is 23.8 Å². The summed E-state index contributed by atoms with van der Waals surface area (Å²) in [5, 5.41) is 12.7.